The van der Waals surface area contributed by atoms with Crippen LogP contribution in [0.5, 0.6) is 0 Å². The van der Waals surface area contributed by atoms with Crippen LogP contribution in [-0.2, 0) is 5.41 Å². The fraction of sp³-hybridized carbons (Fsp3) is 0.185. The second kappa shape index (κ2) is 9.79. The van der Waals surface area contributed by atoms with Gasteiger partial charge in [-0.3, -0.25) is 9.97 Å². The molecule has 2 aromatic heterocycles. The second-order valence-corrected chi connectivity index (χ2v) is 7.59. The molecule has 0 aliphatic heterocycles. The average Bonchev–Trinajstić information content (AvgIpc) is 2.81. The van der Waals surface area contributed by atoms with E-state index < -0.39 is 0 Å². The zero-order chi connectivity index (χ0) is 20.5. The van der Waals surface area contributed by atoms with Gasteiger partial charge in [-0.25, -0.2) is 0 Å². The molecule has 0 bridgehead atoms. The Morgan fingerprint density at radius 3 is 1.72 bits per heavy atom. The molecule has 0 amide bonds. The molecule has 4 rings (SSSR count). The standard InChI is InChI=1S/C14H15N.C13H13N/c1-14(2,12-8-4-3-5-9-12)13-10-6-7-11-15-13;1-11(12-7-3-2-4-8-12)13-9-5-6-10-14-13/h3-11H,1-2H3;2-11H,1H3. The first-order valence-corrected chi connectivity index (χ1v) is 10.0. The molecule has 1 unspecified atom stereocenters. The summed E-state index contributed by atoms with van der Waals surface area (Å²) in [5, 5.41) is 0. The Balaban J connectivity index is 0.000000166. The quantitative estimate of drug-likeness (QED) is 0.396. The van der Waals surface area contributed by atoms with Crippen molar-refractivity contribution in [2.45, 2.75) is 32.1 Å². The fourth-order valence-electron chi connectivity index (χ4n) is 3.28. The van der Waals surface area contributed by atoms with E-state index in [1.54, 1.807) is 0 Å². The van der Waals surface area contributed by atoms with Crippen molar-refractivity contribution in [2.24, 2.45) is 0 Å². The van der Waals surface area contributed by atoms with Crippen molar-refractivity contribution in [1.29, 1.82) is 0 Å². The Morgan fingerprint density at radius 2 is 1.17 bits per heavy atom. The van der Waals surface area contributed by atoms with Gasteiger partial charge >= 0.3 is 0 Å². The minimum absolute atomic E-state index is 0.0253. The number of rotatable bonds is 4. The Morgan fingerprint density at radius 1 is 0.621 bits per heavy atom. The van der Waals surface area contributed by atoms with Crippen LogP contribution in [0.2, 0.25) is 0 Å². The Kier molecular flexibility index (Phi) is 6.91. The van der Waals surface area contributed by atoms with Crippen molar-refractivity contribution in [1.82, 2.24) is 9.97 Å². The predicted molar refractivity (Wildman–Crippen MR) is 121 cm³/mol. The molecule has 0 radical (unpaired) electrons. The predicted octanol–water partition coefficient (Wildman–Crippen LogP) is 6.64. The van der Waals surface area contributed by atoms with Crippen molar-refractivity contribution in [3.05, 3.63) is 132 Å². The molecule has 1 atom stereocenters. The van der Waals surface area contributed by atoms with Gasteiger partial charge in [-0.2, -0.15) is 0 Å². The second-order valence-electron chi connectivity index (χ2n) is 7.59. The highest BCUT2D eigenvalue weighted by molar-refractivity contribution is 5.33. The number of nitrogens with zero attached hydrogens (tertiary/aromatic N) is 2. The maximum Gasteiger partial charge on any atom is 0.0503 e. The summed E-state index contributed by atoms with van der Waals surface area (Å²) >= 11 is 0. The molecule has 146 valence electrons. The molecule has 29 heavy (non-hydrogen) atoms. The van der Waals surface area contributed by atoms with Crippen LogP contribution in [0, 0.1) is 0 Å². The highest BCUT2D eigenvalue weighted by Crippen LogP contribution is 2.29. The van der Waals surface area contributed by atoms with E-state index in [0.29, 0.717) is 5.92 Å². The lowest BCUT2D eigenvalue weighted by Crippen LogP contribution is -2.20. The Labute approximate surface area is 174 Å². The van der Waals surface area contributed by atoms with Crippen LogP contribution in [0.4, 0.5) is 0 Å². The summed E-state index contributed by atoms with van der Waals surface area (Å²) in [6.45, 7) is 6.58. The van der Waals surface area contributed by atoms with E-state index in [1.807, 2.05) is 48.8 Å². The van der Waals surface area contributed by atoms with Crippen LogP contribution < -0.4 is 0 Å². The molecule has 2 heterocycles. The summed E-state index contributed by atoms with van der Waals surface area (Å²) in [5.41, 5.74) is 4.81. The molecule has 0 aliphatic carbocycles. The minimum atomic E-state index is -0.0253. The van der Waals surface area contributed by atoms with Gasteiger partial charge in [0, 0.05) is 29.4 Å². The van der Waals surface area contributed by atoms with Crippen molar-refractivity contribution in [2.75, 3.05) is 0 Å². The zero-order valence-corrected chi connectivity index (χ0v) is 17.4. The molecule has 2 nitrogen and oxygen atoms in total. The molecule has 0 spiro atoms. The molecule has 0 N–H and O–H groups in total. The molecular weight excluding hydrogens is 352 g/mol. The third-order valence-corrected chi connectivity index (χ3v) is 5.23. The maximum atomic E-state index is 4.43. The lowest BCUT2D eigenvalue weighted by Gasteiger charge is -2.24. The van der Waals surface area contributed by atoms with Crippen LogP contribution in [0.1, 0.15) is 49.2 Å². The first kappa shape index (κ1) is 20.5. The molecular formula is C27H28N2. The molecule has 0 aliphatic rings. The van der Waals surface area contributed by atoms with E-state index in [4.69, 9.17) is 0 Å². The number of hydrogen-bond acceptors (Lipinski definition) is 2. The van der Waals surface area contributed by atoms with Gasteiger partial charge < -0.3 is 0 Å². The normalized spacial score (nSPS) is 11.8. The lowest BCUT2D eigenvalue weighted by atomic mass is 9.81. The molecule has 4 aromatic rings. The van der Waals surface area contributed by atoms with Gasteiger partial charge in [0.05, 0.1) is 5.69 Å². The smallest absolute Gasteiger partial charge is 0.0503 e. The van der Waals surface area contributed by atoms with Gasteiger partial charge in [0.1, 0.15) is 0 Å². The van der Waals surface area contributed by atoms with Crippen LogP contribution >= 0.6 is 0 Å². The van der Waals surface area contributed by atoms with Gasteiger partial charge in [-0.1, -0.05) is 93.6 Å². The van der Waals surface area contributed by atoms with Gasteiger partial charge in [-0.05, 0) is 35.4 Å². The van der Waals surface area contributed by atoms with Gasteiger partial charge in [0.2, 0.25) is 0 Å². The van der Waals surface area contributed by atoms with E-state index in [0.717, 1.165) is 11.4 Å². The van der Waals surface area contributed by atoms with Crippen LogP contribution in [0.15, 0.2) is 109 Å². The van der Waals surface area contributed by atoms with Crippen LogP contribution in [0.3, 0.4) is 0 Å². The summed E-state index contributed by atoms with van der Waals surface area (Å²) in [7, 11) is 0. The molecule has 2 aromatic carbocycles. The first-order valence-electron chi connectivity index (χ1n) is 10.0. The van der Waals surface area contributed by atoms with Crippen LogP contribution in [0.25, 0.3) is 0 Å². The summed E-state index contributed by atoms with van der Waals surface area (Å²) < 4.78 is 0. The maximum absolute atomic E-state index is 4.43. The van der Waals surface area contributed by atoms with Gasteiger partial charge in [0.15, 0.2) is 0 Å². The number of benzene rings is 2. The van der Waals surface area contributed by atoms with E-state index in [9.17, 15) is 0 Å². The summed E-state index contributed by atoms with van der Waals surface area (Å²) in [6, 6.07) is 33.0. The van der Waals surface area contributed by atoms with E-state index >= 15 is 0 Å². The molecule has 0 saturated heterocycles. The summed E-state index contributed by atoms with van der Waals surface area (Å²) in [6.07, 6.45) is 3.69. The number of aromatic nitrogens is 2. The van der Waals surface area contributed by atoms with E-state index in [-0.39, 0.29) is 5.41 Å². The third-order valence-electron chi connectivity index (χ3n) is 5.23. The SMILES string of the molecule is CC(C)(c1ccccc1)c1ccccn1.CC(c1ccccc1)c1ccccn1. The highest BCUT2D eigenvalue weighted by Gasteiger charge is 2.23. The Hall–Kier alpha value is -3.26. The zero-order valence-electron chi connectivity index (χ0n) is 17.4. The van der Waals surface area contributed by atoms with Crippen molar-refractivity contribution in [3.63, 3.8) is 0 Å². The van der Waals surface area contributed by atoms with Crippen molar-refractivity contribution >= 4 is 0 Å². The van der Waals surface area contributed by atoms with Gasteiger partial charge in [0.25, 0.3) is 0 Å². The van der Waals surface area contributed by atoms with E-state index in [1.165, 1.54) is 11.1 Å². The van der Waals surface area contributed by atoms with Gasteiger partial charge in [-0.15, -0.1) is 0 Å². The average molecular weight is 381 g/mol. The Bertz CT molecular complexity index is 885. The molecule has 0 fully saturated rings. The minimum Gasteiger partial charge on any atom is -0.261 e. The van der Waals surface area contributed by atoms with Crippen LogP contribution in [-0.4, -0.2) is 9.97 Å². The van der Waals surface area contributed by atoms with E-state index in [2.05, 4.69) is 91.4 Å². The van der Waals surface area contributed by atoms with Crippen molar-refractivity contribution < 1.29 is 0 Å². The topological polar surface area (TPSA) is 25.8 Å². The highest BCUT2D eigenvalue weighted by atomic mass is 14.7. The molecule has 2 heteroatoms. The molecule has 0 saturated carbocycles. The summed E-state index contributed by atoms with van der Waals surface area (Å²) in [5.74, 6) is 0.373. The largest absolute Gasteiger partial charge is 0.261 e. The monoisotopic (exact) mass is 380 g/mol. The number of pyridine rings is 2. The fourth-order valence-corrected chi connectivity index (χ4v) is 3.28. The number of hydrogen-bond donors (Lipinski definition) is 0. The third kappa shape index (κ3) is 5.39. The lowest BCUT2D eigenvalue weighted by molar-refractivity contribution is 0.617. The van der Waals surface area contributed by atoms with Crippen molar-refractivity contribution in [3.8, 4) is 0 Å². The first-order chi connectivity index (χ1) is 14.1. The summed E-state index contributed by atoms with van der Waals surface area (Å²) in [4.78, 5) is 8.78.